The van der Waals surface area contributed by atoms with E-state index in [1.54, 1.807) is 6.08 Å². The van der Waals surface area contributed by atoms with Crippen LogP contribution < -0.4 is 11.1 Å². The molecule has 1 saturated carbocycles. The molecule has 32 heavy (non-hydrogen) atoms. The number of amides is 2. The van der Waals surface area contributed by atoms with Gasteiger partial charge >= 0.3 is 0 Å². The highest BCUT2D eigenvalue weighted by atomic mass is 16.5. The maximum absolute atomic E-state index is 11.7. The van der Waals surface area contributed by atoms with Crippen molar-refractivity contribution in [2.24, 2.45) is 17.6 Å². The van der Waals surface area contributed by atoms with Crippen LogP contribution in [0.25, 0.3) is 0 Å². The Hall–Kier alpha value is -1.88. The molecule has 188 valence electrons. The summed E-state index contributed by atoms with van der Waals surface area (Å²) in [5.41, 5.74) is 5.41. The minimum absolute atomic E-state index is 0.111. The maximum atomic E-state index is 11.7. The number of nitrogens with two attached hydrogens (primary N) is 1. The SMILES string of the molecule is C=C/C=C(C)\C=C/C.CC1CCCC(OCCC(=O)NC(C)C(C)C)C1.CCC.NC=O. The Labute approximate surface area is 198 Å². The Morgan fingerprint density at radius 1 is 1.25 bits per heavy atom. The van der Waals surface area contributed by atoms with Crippen LogP contribution in [0.5, 0.6) is 0 Å². The zero-order valence-electron chi connectivity index (χ0n) is 22.2. The van der Waals surface area contributed by atoms with Gasteiger partial charge in [-0.1, -0.05) is 90.3 Å². The predicted molar refractivity (Wildman–Crippen MR) is 139 cm³/mol. The number of carbonyl (C=O) groups is 2. The van der Waals surface area contributed by atoms with Gasteiger partial charge in [0.2, 0.25) is 12.3 Å². The first kappa shape index (κ1) is 34.7. The number of hydrogen-bond acceptors (Lipinski definition) is 3. The molecule has 0 aromatic heterocycles. The molecule has 1 aliphatic carbocycles. The highest BCUT2D eigenvalue weighted by Crippen LogP contribution is 2.25. The topological polar surface area (TPSA) is 81.4 Å². The van der Waals surface area contributed by atoms with Gasteiger partial charge in [0.05, 0.1) is 12.7 Å². The molecule has 0 spiro atoms. The number of primary amides is 1. The average Bonchev–Trinajstić information content (AvgIpc) is 2.70. The van der Waals surface area contributed by atoms with Crippen LogP contribution >= 0.6 is 0 Å². The average molecular weight is 453 g/mol. The standard InChI is InChI=1S/C15H29NO2.C8H12.C3H8.CH3NO/c1-11(2)13(4)16-15(17)8-9-18-14-7-5-6-12(3)10-14;1-4-6-8(3)7-5-2;1-3-2;2-1-3/h11-14H,5-10H2,1-4H3,(H,16,17);4-7H,1H2,2-3H3;3H2,1-2H3;1H,(H2,2,3)/b;7-5-,8-6-;;. The molecule has 3 atom stereocenters. The fourth-order valence-corrected chi connectivity index (χ4v) is 2.85. The van der Waals surface area contributed by atoms with Crippen molar-refractivity contribution in [3.63, 3.8) is 0 Å². The van der Waals surface area contributed by atoms with Crippen molar-refractivity contribution in [1.29, 1.82) is 0 Å². The summed E-state index contributed by atoms with van der Waals surface area (Å²) in [6.45, 7) is 21.0. The Balaban J connectivity index is -0.000000497. The zero-order valence-corrected chi connectivity index (χ0v) is 22.2. The molecule has 3 unspecified atom stereocenters. The van der Waals surface area contributed by atoms with E-state index < -0.39 is 0 Å². The van der Waals surface area contributed by atoms with E-state index in [1.807, 2.05) is 39.0 Å². The molecule has 5 heteroatoms. The van der Waals surface area contributed by atoms with Gasteiger partial charge in [0, 0.05) is 12.5 Å². The molecule has 0 aromatic rings. The number of allylic oxidation sites excluding steroid dienone is 5. The fraction of sp³-hybridized carbons (Fsp3) is 0.704. The molecule has 5 nitrogen and oxygen atoms in total. The lowest BCUT2D eigenvalue weighted by Crippen LogP contribution is -2.36. The van der Waals surface area contributed by atoms with Gasteiger partial charge in [-0.2, -0.15) is 0 Å². The van der Waals surface area contributed by atoms with Crippen molar-refractivity contribution in [1.82, 2.24) is 5.32 Å². The van der Waals surface area contributed by atoms with Gasteiger partial charge in [0.25, 0.3) is 0 Å². The van der Waals surface area contributed by atoms with Gasteiger partial charge in [-0.25, -0.2) is 0 Å². The Kier molecular flexibility index (Phi) is 27.5. The Morgan fingerprint density at radius 3 is 2.25 bits per heavy atom. The van der Waals surface area contributed by atoms with Crippen molar-refractivity contribution in [2.75, 3.05) is 6.61 Å². The zero-order chi connectivity index (χ0) is 25.4. The molecule has 0 aromatic carbocycles. The highest BCUT2D eigenvalue weighted by Gasteiger charge is 2.19. The maximum Gasteiger partial charge on any atom is 0.222 e. The summed E-state index contributed by atoms with van der Waals surface area (Å²) < 4.78 is 5.81. The van der Waals surface area contributed by atoms with E-state index in [9.17, 15) is 4.79 Å². The summed E-state index contributed by atoms with van der Waals surface area (Å²) in [4.78, 5) is 20.3. The van der Waals surface area contributed by atoms with Crippen LogP contribution in [0, 0.1) is 11.8 Å². The minimum atomic E-state index is 0.111. The second kappa shape index (κ2) is 25.4. The molecular weight excluding hydrogens is 400 g/mol. The normalized spacial score (nSPS) is 18.7. The smallest absolute Gasteiger partial charge is 0.222 e. The predicted octanol–water partition coefficient (Wildman–Crippen LogP) is 6.35. The minimum Gasteiger partial charge on any atom is -0.378 e. The Bertz CT molecular complexity index is 513. The van der Waals surface area contributed by atoms with Gasteiger partial charge in [0.15, 0.2) is 0 Å². The van der Waals surface area contributed by atoms with Crippen LogP contribution in [-0.4, -0.2) is 31.1 Å². The van der Waals surface area contributed by atoms with Crippen molar-refractivity contribution in [3.05, 3.63) is 36.5 Å². The van der Waals surface area contributed by atoms with E-state index in [1.165, 1.54) is 24.8 Å². The van der Waals surface area contributed by atoms with Crippen LogP contribution in [-0.2, 0) is 14.3 Å². The van der Waals surface area contributed by atoms with E-state index in [2.05, 4.69) is 52.2 Å². The number of carbonyl (C=O) groups excluding carboxylic acids is 2. The third-order valence-corrected chi connectivity index (χ3v) is 4.77. The molecule has 0 heterocycles. The van der Waals surface area contributed by atoms with Crippen molar-refractivity contribution < 1.29 is 14.3 Å². The first-order valence-electron chi connectivity index (χ1n) is 12.1. The van der Waals surface area contributed by atoms with Gasteiger partial charge in [-0.05, 0) is 45.4 Å². The van der Waals surface area contributed by atoms with E-state index in [0.717, 1.165) is 18.8 Å². The summed E-state index contributed by atoms with van der Waals surface area (Å²) in [5.74, 6) is 1.37. The second-order valence-corrected chi connectivity index (χ2v) is 8.60. The molecule has 0 bridgehead atoms. The summed E-state index contributed by atoms with van der Waals surface area (Å²) in [6.07, 6.45) is 15.1. The highest BCUT2D eigenvalue weighted by molar-refractivity contribution is 5.76. The molecule has 1 fully saturated rings. The van der Waals surface area contributed by atoms with Crippen molar-refractivity contribution >= 4 is 12.3 Å². The van der Waals surface area contributed by atoms with E-state index in [0.29, 0.717) is 25.0 Å². The molecule has 0 saturated heterocycles. The third kappa shape index (κ3) is 26.2. The quantitative estimate of drug-likeness (QED) is 0.333. The first-order valence-corrected chi connectivity index (χ1v) is 12.1. The molecule has 1 aliphatic rings. The van der Waals surface area contributed by atoms with Crippen molar-refractivity contribution in [3.8, 4) is 0 Å². The largest absolute Gasteiger partial charge is 0.378 e. The van der Waals surface area contributed by atoms with Crippen LogP contribution in [0.3, 0.4) is 0 Å². The Morgan fingerprint density at radius 2 is 1.81 bits per heavy atom. The molecule has 3 N–H and O–H groups in total. The van der Waals surface area contributed by atoms with E-state index >= 15 is 0 Å². The van der Waals surface area contributed by atoms with Gasteiger partial charge < -0.3 is 15.8 Å². The van der Waals surface area contributed by atoms with Crippen LogP contribution in [0.4, 0.5) is 0 Å². The number of hydrogen-bond donors (Lipinski definition) is 2. The molecule has 0 aliphatic heterocycles. The van der Waals surface area contributed by atoms with Crippen LogP contribution in [0.1, 0.15) is 93.9 Å². The summed E-state index contributed by atoms with van der Waals surface area (Å²) in [6, 6.07) is 0.243. The first-order chi connectivity index (χ1) is 15.1. The van der Waals surface area contributed by atoms with E-state index in [4.69, 9.17) is 9.53 Å². The fourth-order valence-electron chi connectivity index (χ4n) is 2.85. The molecule has 1 rings (SSSR count). The van der Waals surface area contributed by atoms with E-state index in [-0.39, 0.29) is 18.4 Å². The summed E-state index contributed by atoms with van der Waals surface area (Å²) in [5, 5.41) is 3.01. The number of ether oxygens (including phenoxy) is 1. The molecular formula is C27H52N2O3. The van der Waals surface area contributed by atoms with Gasteiger partial charge in [-0.15, -0.1) is 0 Å². The second-order valence-electron chi connectivity index (χ2n) is 8.60. The lowest BCUT2D eigenvalue weighted by Gasteiger charge is -2.26. The molecule has 2 amide bonds. The van der Waals surface area contributed by atoms with Crippen LogP contribution in [0.15, 0.2) is 36.5 Å². The number of nitrogens with one attached hydrogen (secondary N) is 1. The molecule has 0 radical (unpaired) electrons. The van der Waals surface area contributed by atoms with Crippen molar-refractivity contribution in [2.45, 2.75) is 106 Å². The third-order valence-electron chi connectivity index (χ3n) is 4.77. The lowest BCUT2D eigenvalue weighted by molar-refractivity contribution is -0.123. The van der Waals surface area contributed by atoms with Crippen LogP contribution in [0.2, 0.25) is 0 Å². The number of rotatable bonds is 8. The van der Waals surface area contributed by atoms with Gasteiger partial charge in [-0.3, -0.25) is 9.59 Å². The monoisotopic (exact) mass is 452 g/mol. The summed E-state index contributed by atoms with van der Waals surface area (Å²) >= 11 is 0. The lowest BCUT2D eigenvalue weighted by atomic mass is 9.89. The summed E-state index contributed by atoms with van der Waals surface area (Å²) in [7, 11) is 0. The van der Waals surface area contributed by atoms with Gasteiger partial charge in [0.1, 0.15) is 0 Å².